The standard InChI is InChI=1S/C18H13ClF3N3O3/c1-10-2-8-13(9-3-10)25-15(27)17(18(20,21)22,24-16(25)28)23-14(26)11-4-6-12(19)7-5-11/h2-9H,1H3,(H,23,26)(H,24,28)/t17-/m1/s1. The summed E-state index contributed by atoms with van der Waals surface area (Å²) in [6.07, 6.45) is -5.29. The molecule has 0 bridgehead atoms. The summed E-state index contributed by atoms with van der Waals surface area (Å²) in [6, 6.07) is 9.45. The number of alkyl halides is 3. The van der Waals surface area contributed by atoms with Crippen molar-refractivity contribution in [3.8, 4) is 0 Å². The average Bonchev–Trinajstić information content (AvgIpc) is 2.87. The van der Waals surface area contributed by atoms with Gasteiger partial charge in [0.15, 0.2) is 0 Å². The number of hydrogen-bond acceptors (Lipinski definition) is 3. The molecule has 0 aromatic heterocycles. The Morgan fingerprint density at radius 3 is 2.18 bits per heavy atom. The first-order valence-corrected chi connectivity index (χ1v) is 8.31. The van der Waals surface area contributed by atoms with E-state index in [1.807, 2.05) is 0 Å². The second kappa shape index (κ2) is 6.83. The second-order valence-corrected chi connectivity index (χ2v) is 6.55. The predicted octanol–water partition coefficient (Wildman–Crippen LogP) is 3.39. The number of benzene rings is 2. The Hall–Kier alpha value is -3.07. The molecule has 0 unspecified atom stereocenters. The van der Waals surface area contributed by atoms with Gasteiger partial charge in [-0.2, -0.15) is 13.2 Å². The van der Waals surface area contributed by atoms with Crippen LogP contribution >= 0.6 is 11.6 Å². The second-order valence-electron chi connectivity index (χ2n) is 6.12. The van der Waals surface area contributed by atoms with Crippen molar-refractivity contribution in [1.29, 1.82) is 0 Å². The normalized spacial score (nSPS) is 19.5. The zero-order valence-corrected chi connectivity index (χ0v) is 15.1. The van der Waals surface area contributed by atoms with E-state index < -0.39 is 29.7 Å². The van der Waals surface area contributed by atoms with Crippen LogP contribution in [0.4, 0.5) is 23.7 Å². The summed E-state index contributed by atoms with van der Waals surface area (Å²) in [5, 5.41) is 3.49. The first-order valence-electron chi connectivity index (χ1n) is 7.93. The van der Waals surface area contributed by atoms with Crippen LogP contribution < -0.4 is 15.5 Å². The molecular formula is C18H13ClF3N3O3. The molecule has 1 atom stereocenters. The monoisotopic (exact) mass is 411 g/mol. The number of amides is 4. The van der Waals surface area contributed by atoms with Crippen LogP contribution in [0.25, 0.3) is 0 Å². The summed E-state index contributed by atoms with van der Waals surface area (Å²) in [6.45, 7) is 1.74. The summed E-state index contributed by atoms with van der Waals surface area (Å²) >= 11 is 5.70. The molecule has 1 heterocycles. The highest BCUT2D eigenvalue weighted by atomic mass is 35.5. The number of carbonyl (C=O) groups excluding carboxylic acids is 3. The van der Waals surface area contributed by atoms with Crippen molar-refractivity contribution < 1.29 is 27.6 Å². The minimum Gasteiger partial charge on any atom is -0.314 e. The van der Waals surface area contributed by atoms with Crippen molar-refractivity contribution >= 4 is 35.1 Å². The van der Waals surface area contributed by atoms with Crippen LogP contribution in [0.15, 0.2) is 48.5 Å². The molecule has 2 aromatic carbocycles. The summed E-state index contributed by atoms with van der Waals surface area (Å²) in [5.74, 6) is -2.86. The lowest BCUT2D eigenvalue weighted by Crippen LogP contribution is -2.69. The molecule has 1 saturated heterocycles. The molecule has 6 nitrogen and oxygen atoms in total. The van der Waals surface area contributed by atoms with Crippen LogP contribution in [-0.4, -0.2) is 29.7 Å². The lowest BCUT2D eigenvalue weighted by molar-refractivity contribution is -0.197. The van der Waals surface area contributed by atoms with Gasteiger partial charge in [-0.3, -0.25) is 14.9 Å². The van der Waals surface area contributed by atoms with E-state index in [1.165, 1.54) is 48.5 Å². The van der Waals surface area contributed by atoms with E-state index in [1.54, 1.807) is 17.6 Å². The van der Waals surface area contributed by atoms with Crippen LogP contribution in [0.1, 0.15) is 15.9 Å². The zero-order chi connectivity index (χ0) is 20.7. The molecule has 0 aliphatic carbocycles. The highest BCUT2D eigenvalue weighted by molar-refractivity contribution is 6.30. The molecule has 146 valence electrons. The highest BCUT2D eigenvalue weighted by Gasteiger charge is 2.69. The van der Waals surface area contributed by atoms with Crippen molar-refractivity contribution in [2.24, 2.45) is 0 Å². The van der Waals surface area contributed by atoms with Crippen molar-refractivity contribution in [1.82, 2.24) is 10.6 Å². The van der Waals surface area contributed by atoms with Gasteiger partial charge in [-0.25, -0.2) is 9.69 Å². The van der Waals surface area contributed by atoms with E-state index in [9.17, 15) is 27.6 Å². The van der Waals surface area contributed by atoms with Crippen LogP contribution in [0.5, 0.6) is 0 Å². The Balaban J connectivity index is 1.99. The number of carbonyl (C=O) groups is 3. The quantitative estimate of drug-likeness (QED) is 0.760. The number of aryl methyl sites for hydroxylation is 1. The van der Waals surface area contributed by atoms with Gasteiger partial charge in [0.25, 0.3) is 17.5 Å². The van der Waals surface area contributed by atoms with E-state index >= 15 is 0 Å². The molecule has 28 heavy (non-hydrogen) atoms. The Labute approximate surface area is 162 Å². The fraction of sp³-hybridized carbons (Fsp3) is 0.167. The molecule has 1 aliphatic rings. The number of hydrogen-bond donors (Lipinski definition) is 2. The highest BCUT2D eigenvalue weighted by Crippen LogP contribution is 2.36. The molecule has 3 rings (SSSR count). The summed E-state index contributed by atoms with van der Waals surface area (Å²) in [5.41, 5.74) is -3.02. The number of nitrogens with one attached hydrogen (secondary N) is 2. The number of halogens is 4. The molecule has 0 saturated carbocycles. The predicted molar refractivity (Wildman–Crippen MR) is 94.9 cm³/mol. The topological polar surface area (TPSA) is 78.5 Å². The number of urea groups is 1. The van der Waals surface area contributed by atoms with Crippen molar-refractivity contribution in [2.75, 3.05) is 4.90 Å². The molecule has 2 N–H and O–H groups in total. The van der Waals surface area contributed by atoms with Crippen LogP contribution in [0, 0.1) is 6.92 Å². The van der Waals surface area contributed by atoms with Gasteiger partial charge in [-0.05, 0) is 43.3 Å². The van der Waals surface area contributed by atoms with E-state index in [2.05, 4.69) is 0 Å². The van der Waals surface area contributed by atoms with Crippen molar-refractivity contribution in [3.05, 3.63) is 64.7 Å². The average molecular weight is 412 g/mol. The molecular weight excluding hydrogens is 399 g/mol. The lowest BCUT2D eigenvalue weighted by atomic mass is 10.1. The maximum Gasteiger partial charge on any atom is 0.440 e. The van der Waals surface area contributed by atoms with E-state index in [0.29, 0.717) is 4.90 Å². The Morgan fingerprint density at radius 2 is 1.64 bits per heavy atom. The molecule has 1 fully saturated rings. The van der Waals surface area contributed by atoms with E-state index in [-0.39, 0.29) is 16.3 Å². The maximum atomic E-state index is 13.8. The zero-order valence-electron chi connectivity index (χ0n) is 14.3. The SMILES string of the molecule is Cc1ccc(N2C(=O)N[C@@](NC(=O)c3ccc(Cl)cc3)(C(F)(F)F)C2=O)cc1. The first kappa shape index (κ1) is 19.7. The number of nitrogens with zero attached hydrogens (tertiary/aromatic N) is 1. The van der Waals surface area contributed by atoms with Gasteiger partial charge < -0.3 is 5.32 Å². The van der Waals surface area contributed by atoms with E-state index in [4.69, 9.17) is 11.6 Å². The maximum absolute atomic E-state index is 13.8. The summed E-state index contributed by atoms with van der Waals surface area (Å²) < 4.78 is 41.5. The molecule has 1 aliphatic heterocycles. The van der Waals surface area contributed by atoms with Gasteiger partial charge in [0.2, 0.25) is 0 Å². The molecule has 0 radical (unpaired) electrons. The van der Waals surface area contributed by atoms with Gasteiger partial charge in [0.05, 0.1) is 5.69 Å². The minimum atomic E-state index is -5.29. The third kappa shape index (κ3) is 3.29. The third-order valence-corrected chi connectivity index (χ3v) is 4.40. The molecule has 4 amide bonds. The van der Waals surface area contributed by atoms with Gasteiger partial charge in [-0.1, -0.05) is 29.3 Å². The number of anilines is 1. The van der Waals surface area contributed by atoms with Crippen LogP contribution in [0.2, 0.25) is 5.02 Å². The Bertz CT molecular complexity index is 945. The van der Waals surface area contributed by atoms with Gasteiger partial charge in [-0.15, -0.1) is 0 Å². The lowest BCUT2D eigenvalue weighted by Gasteiger charge is -2.29. The third-order valence-electron chi connectivity index (χ3n) is 4.15. The van der Waals surface area contributed by atoms with Crippen molar-refractivity contribution in [3.63, 3.8) is 0 Å². The van der Waals surface area contributed by atoms with Crippen LogP contribution in [0.3, 0.4) is 0 Å². The summed E-state index contributed by atoms with van der Waals surface area (Å²) in [7, 11) is 0. The van der Waals surface area contributed by atoms with Gasteiger partial charge in [0, 0.05) is 10.6 Å². The molecule has 2 aromatic rings. The molecule has 10 heteroatoms. The smallest absolute Gasteiger partial charge is 0.314 e. The number of rotatable bonds is 3. The Kier molecular flexibility index (Phi) is 4.80. The Morgan fingerprint density at radius 1 is 1.07 bits per heavy atom. The van der Waals surface area contributed by atoms with E-state index in [0.717, 1.165) is 5.56 Å². The van der Waals surface area contributed by atoms with Gasteiger partial charge >= 0.3 is 12.2 Å². The fourth-order valence-corrected chi connectivity index (χ4v) is 2.78. The first-order chi connectivity index (χ1) is 13.0. The van der Waals surface area contributed by atoms with Crippen molar-refractivity contribution in [2.45, 2.75) is 18.8 Å². The van der Waals surface area contributed by atoms with Gasteiger partial charge in [0.1, 0.15) is 0 Å². The van der Waals surface area contributed by atoms with Crippen LogP contribution in [-0.2, 0) is 4.79 Å². The largest absolute Gasteiger partial charge is 0.440 e. The fourth-order valence-electron chi connectivity index (χ4n) is 2.65. The number of imide groups is 1. The minimum absolute atomic E-state index is 0.0556. The molecule has 0 spiro atoms. The summed E-state index contributed by atoms with van der Waals surface area (Å²) in [4.78, 5) is 37.6.